The number of amides is 2. The third-order valence-corrected chi connectivity index (χ3v) is 4.35. The molecule has 21 heavy (non-hydrogen) atoms. The van der Waals surface area contributed by atoms with Crippen LogP contribution in [0.25, 0.3) is 0 Å². The Morgan fingerprint density at radius 2 is 1.86 bits per heavy atom. The second-order valence-electron chi connectivity index (χ2n) is 5.86. The lowest BCUT2D eigenvalue weighted by Gasteiger charge is -2.25. The van der Waals surface area contributed by atoms with Crippen molar-refractivity contribution >= 4 is 17.8 Å². The van der Waals surface area contributed by atoms with Gasteiger partial charge < -0.3 is 15.7 Å². The fraction of sp³-hybridized carbons (Fsp3) is 0.667. The third kappa shape index (κ3) is 3.09. The van der Waals surface area contributed by atoms with E-state index in [4.69, 9.17) is 0 Å². The largest absolute Gasteiger partial charge is 0.481 e. The number of carbonyl (C=O) groups excluding carboxylic acids is 2. The fourth-order valence-electron chi connectivity index (χ4n) is 3.29. The molecular formula is C15H22N2O4. The molecule has 2 aliphatic carbocycles. The van der Waals surface area contributed by atoms with E-state index in [1.165, 1.54) is 0 Å². The quantitative estimate of drug-likeness (QED) is 0.623. The zero-order valence-corrected chi connectivity index (χ0v) is 12.3. The van der Waals surface area contributed by atoms with Gasteiger partial charge in [0.25, 0.3) is 0 Å². The Morgan fingerprint density at radius 1 is 1.24 bits per heavy atom. The lowest BCUT2D eigenvalue weighted by atomic mass is 9.82. The van der Waals surface area contributed by atoms with Gasteiger partial charge in [0.15, 0.2) is 0 Å². The second kappa shape index (κ2) is 6.28. The number of rotatable bonds is 6. The van der Waals surface area contributed by atoms with Crippen molar-refractivity contribution in [3.8, 4) is 0 Å². The van der Waals surface area contributed by atoms with Crippen molar-refractivity contribution in [1.29, 1.82) is 0 Å². The number of carboxylic acids is 1. The Kier molecular flexibility index (Phi) is 4.65. The van der Waals surface area contributed by atoms with Crippen molar-refractivity contribution in [2.24, 2.45) is 23.7 Å². The summed E-state index contributed by atoms with van der Waals surface area (Å²) < 4.78 is 0. The van der Waals surface area contributed by atoms with Crippen LogP contribution in [0.1, 0.15) is 26.7 Å². The molecule has 0 aliphatic heterocycles. The molecule has 116 valence electrons. The molecule has 2 amide bonds. The van der Waals surface area contributed by atoms with Gasteiger partial charge in [-0.15, -0.1) is 0 Å². The van der Waals surface area contributed by atoms with Gasteiger partial charge in [-0.05, 0) is 31.6 Å². The number of allylic oxidation sites excluding steroid dienone is 2. The van der Waals surface area contributed by atoms with E-state index in [0.717, 1.165) is 6.42 Å². The second-order valence-corrected chi connectivity index (χ2v) is 5.86. The standard InChI is InChI=1S/C15H22N2O4/c1-3-6-16-13(18)8(2)17-14(19)11-9-4-5-10(7-9)12(11)15(20)21/h4-5,8-12H,3,6-7H2,1-2H3,(H,16,18)(H,17,19)(H,20,21). The minimum Gasteiger partial charge on any atom is -0.481 e. The summed E-state index contributed by atoms with van der Waals surface area (Å²) in [4.78, 5) is 35.5. The van der Waals surface area contributed by atoms with Crippen LogP contribution in [0.3, 0.4) is 0 Å². The highest BCUT2D eigenvalue weighted by Crippen LogP contribution is 2.48. The monoisotopic (exact) mass is 294 g/mol. The van der Waals surface area contributed by atoms with Gasteiger partial charge >= 0.3 is 5.97 Å². The van der Waals surface area contributed by atoms with Crippen LogP contribution >= 0.6 is 0 Å². The molecule has 2 bridgehead atoms. The summed E-state index contributed by atoms with van der Waals surface area (Å²) in [6, 6.07) is -0.651. The molecular weight excluding hydrogens is 272 g/mol. The summed E-state index contributed by atoms with van der Waals surface area (Å²) in [7, 11) is 0. The molecule has 2 rings (SSSR count). The first-order valence-corrected chi connectivity index (χ1v) is 7.45. The van der Waals surface area contributed by atoms with Crippen molar-refractivity contribution < 1.29 is 19.5 Å². The summed E-state index contributed by atoms with van der Waals surface area (Å²) in [5.74, 6) is -2.84. The summed E-state index contributed by atoms with van der Waals surface area (Å²) in [5, 5.41) is 14.7. The summed E-state index contributed by atoms with van der Waals surface area (Å²) in [6.07, 6.45) is 5.36. The Balaban J connectivity index is 1.98. The predicted molar refractivity (Wildman–Crippen MR) is 76.3 cm³/mol. The fourth-order valence-corrected chi connectivity index (χ4v) is 3.29. The Morgan fingerprint density at radius 3 is 2.43 bits per heavy atom. The highest BCUT2D eigenvalue weighted by Gasteiger charge is 2.51. The molecule has 0 aromatic heterocycles. The Hall–Kier alpha value is -1.85. The number of fused-ring (bicyclic) bond motifs is 2. The Labute approximate surface area is 124 Å². The van der Waals surface area contributed by atoms with Crippen LogP contribution < -0.4 is 10.6 Å². The summed E-state index contributed by atoms with van der Waals surface area (Å²) in [5.41, 5.74) is 0. The minimum atomic E-state index is -0.935. The maximum absolute atomic E-state index is 12.4. The molecule has 5 atom stereocenters. The van der Waals surface area contributed by atoms with E-state index >= 15 is 0 Å². The first-order chi connectivity index (χ1) is 9.95. The van der Waals surface area contributed by atoms with E-state index < -0.39 is 23.8 Å². The topological polar surface area (TPSA) is 95.5 Å². The van der Waals surface area contributed by atoms with E-state index in [-0.39, 0.29) is 23.7 Å². The molecule has 0 aromatic rings. The van der Waals surface area contributed by atoms with E-state index in [0.29, 0.717) is 13.0 Å². The van der Waals surface area contributed by atoms with E-state index in [9.17, 15) is 19.5 Å². The predicted octanol–water partition coefficient (Wildman–Crippen LogP) is 0.540. The molecule has 6 nitrogen and oxygen atoms in total. The molecule has 2 aliphatic rings. The zero-order chi connectivity index (χ0) is 15.6. The maximum atomic E-state index is 12.4. The molecule has 1 saturated carbocycles. The van der Waals surface area contributed by atoms with Crippen LogP contribution in [0, 0.1) is 23.7 Å². The number of hydrogen-bond acceptors (Lipinski definition) is 3. The maximum Gasteiger partial charge on any atom is 0.307 e. The Bertz CT molecular complexity index is 474. The van der Waals surface area contributed by atoms with Crippen molar-refractivity contribution in [3.63, 3.8) is 0 Å². The number of aliphatic carboxylic acids is 1. The smallest absolute Gasteiger partial charge is 0.307 e. The summed E-state index contributed by atoms with van der Waals surface area (Å²) >= 11 is 0. The number of carboxylic acid groups (broad SMARTS) is 1. The van der Waals surface area contributed by atoms with Gasteiger partial charge in [0.2, 0.25) is 11.8 Å². The SMILES string of the molecule is CCCNC(=O)C(C)NC(=O)C1C2C=CC(C2)C1C(=O)O. The van der Waals surface area contributed by atoms with Gasteiger partial charge in [-0.2, -0.15) is 0 Å². The molecule has 0 heterocycles. The molecule has 0 spiro atoms. The van der Waals surface area contributed by atoms with Crippen LogP contribution in [0.4, 0.5) is 0 Å². The normalized spacial score (nSPS) is 31.0. The first kappa shape index (κ1) is 15.5. The average molecular weight is 294 g/mol. The van der Waals surface area contributed by atoms with Crippen LogP contribution in [0.5, 0.6) is 0 Å². The van der Waals surface area contributed by atoms with E-state index in [2.05, 4.69) is 10.6 Å². The number of carbonyl (C=O) groups is 3. The zero-order valence-electron chi connectivity index (χ0n) is 12.3. The molecule has 0 saturated heterocycles. The molecule has 0 aromatic carbocycles. The van der Waals surface area contributed by atoms with Crippen molar-refractivity contribution in [3.05, 3.63) is 12.2 Å². The van der Waals surface area contributed by atoms with Crippen molar-refractivity contribution in [2.45, 2.75) is 32.7 Å². The van der Waals surface area contributed by atoms with Gasteiger partial charge in [-0.3, -0.25) is 14.4 Å². The lowest BCUT2D eigenvalue weighted by molar-refractivity contribution is -0.148. The van der Waals surface area contributed by atoms with Crippen molar-refractivity contribution in [2.75, 3.05) is 6.54 Å². The van der Waals surface area contributed by atoms with Gasteiger partial charge in [0.05, 0.1) is 11.8 Å². The van der Waals surface area contributed by atoms with Crippen LogP contribution in [-0.2, 0) is 14.4 Å². The van der Waals surface area contributed by atoms with Crippen LogP contribution in [0.15, 0.2) is 12.2 Å². The van der Waals surface area contributed by atoms with E-state index in [1.807, 2.05) is 19.1 Å². The summed E-state index contributed by atoms with van der Waals surface area (Å²) in [6.45, 7) is 4.12. The van der Waals surface area contributed by atoms with Gasteiger partial charge in [-0.1, -0.05) is 19.1 Å². The van der Waals surface area contributed by atoms with Crippen LogP contribution in [-0.4, -0.2) is 35.5 Å². The van der Waals surface area contributed by atoms with E-state index in [1.54, 1.807) is 6.92 Å². The number of nitrogens with one attached hydrogen (secondary N) is 2. The molecule has 5 unspecified atom stereocenters. The molecule has 1 fully saturated rings. The average Bonchev–Trinajstić information content (AvgIpc) is 3.04. The van der Waals surface area contributed by atoms with Gasteiger partial charge in [-0.25, -0.2) is 0 Å². The van der Waals surface area contributed by atoms with Crippen molar-refractivity contribution in [1.82, 2.24) is 10.6 Å². The third-order valence-electron chi connectivity index (χ3n) is 4.35. The van der Waals surface area contributed by atoms with Gasteiger partial charge in [0, 0.05) is 6.54 Å². The molecule has 0 radical (unpaired) electrons. The molecule has 3 N–H and O–H groups in total. The van der Waals surface area contributed by atoms with Crippen LogP contribution in [0.2, 0.25) is 0 Å². The molecule has 6 heteroatoms. The highest BCUT2D eigenvalue weighted by atomic mass is 16.4. The highest BCUT2D eigenvalue weighted by molar-refractivity contribution is 5.91. The number of hydrogen-bond donors (Lipinski definition) is 3. The minimum absolute atomic E-state index is 0.0259. The first-order valence-electron chi connectivity index (χ1n) is 7.45. The lowest BCUT2D eigenvalue weighted by Crippen LogP contribution is -2.49. The van der Waals surface area contributed by atoms with Gasteiger partial charge in [0.1, 0.15) is 6.04 Å².